The van der Waals surface area contributed by atoms with Crippen LogP contribution in [0.25, 0.3) is 0 Å². The molecule has 130 valence electrons. The maximum atomic E-state index is 12.1. The van der Waals surface area contributed by atoms with Gasteiger partial charge in [0, 0.05) is 12.6 Å². The molecule has 0 atom stereocenters. The fourth-order valence-electron chi connectivity index (χ4n) is 2.27. The van der Waals surface area contributed by atoms with E-state index >= 15 is 0 Å². The lowest BCUT2D eigenvalue weighted by molar-refractivity contribution is 0.0949. The van der Waals surface area contributed by atoms with Crippen LogP contribution in [0, 0.1) is 0 Å². The highest BCUT2D eigenvalue weighted by Crippen LogP contribution is 2.23. The number of rotatable bonds is 11. The number of carbonyl (C=O) groups is 1. The first kappa shape index (κ1) is 19.3. The summed E-state index contributed by atoms with van der Waals surface area (Å²) in [5.41, 5.74) is 0.288. The molecule has 5 heteroatoms. The van der Waals surface area contributed by atoms with E-state index in [1.54, 1.807) is 12.1 Å². The van der Waals surface area contributed by atoms with Gasteiger partial charge in [0.25, 0.3) is 5.91 Å². The van der Waals surface area contributed by atoms with Gasteiger partial charge in [0.1, 0.15) is 11.5 Å². The van der Waals surface area contributed by atoms with E-state index in [1.807, 2.05) is 0 Å². The van der Waals surface area contributed by atoms with E-state index in [4.69, 9.17) is 4.74 Å². The molecule has 0 aliphatic carbocycles. The number of aromatic hydroxyl groups is 1. The van der Waals surface area contributed by atoms with Crippen LogP contribution >= 0.6 is 0 Å². The van der Waals surface area contributed by atoms with Crippen molar-refractivity contribution in [2.75, 3.05) is 32.8 Å². The molecule has 1 amide bonds. The predicted molar refractivity (Wildman–Crippen MR) is 93.2 cm³/mol. The molecule has 0 aromatic heterocycles. The van der Waals surface area contributed by atoms with Gasteiger partial charge in [0.2, 0.25) is 0 Å². The fourth-order valence-corrected chi connectivity index (χ4v) is 2.27. The smallest absolute Gasteiger partial charge is 0.255 e. The number of hydrogen-bond donors (Lipinski definition) is 2. The highest BCUT2D eigenvalue weighted by atomic mass is 16.5. The lowest BCUT2D eigenvalue weighted by Crippen LogP contribution is -2.29. The zero-order chi connectivity index (χ0) is 17.1. The minimum atomic E-state index is -0.248. The third kappa shape index (κ3) is 6.91. The number of benzene rings is 1. The molecule has 1 aromatic rings. The van der Waals surface area contributed by atoms with Crippen molar-refractivity contribution in [1.82, 2.24) is 10.2 Å². The SMILES string of the molecule is CCCCOc1ccc(C(=O)NCCCN(CC)CC)c(O)c1. The van der Waals surface area contributed by atoms with Crippen molar-refractivity contribution in [3.8, 4) is 11.5 Å². The Balaban J connectivity index is 2.43. The Morgan fingerprint density at radius 2 is 1.96 bits per heavy atom. The zero-order valence-corrected chi connectivity index (χ0v) is 14.6. The lowest BCUT2D eigenvalue weighted by atomic mass is 10.1. The first-order chi connectivity index (χ1) is 11.1. The van der Waals surface area contributed by atoms with Crippen molar-refractivity contribution >= 4 is 5.91 Å². The number of nitrogens with one attached hydrogen (secondary N) is 1. The Kier molecular flexibility index (Phi) is 9.14. The molecule has 0 saturated heterocycles. The lowest BCUT2D eigenvalue weighted by Gasteiger charge is -2.17. The van der Waals surface area contributed by atoms with Crippen LogP contribution in [0.5, 0.6) is 11.5 Å². The maximum Gasteiger partial charge on any atom is 0.255 e. The van der Waals surface area contributed by atoms with Crippen molar-refractivity contribution in [2.24, 2.45) is 0 Å². The largest absolute Gasteiger partial charge is 0.507 e. The average molecular weight is 322 g/mol. The van der Waals surface area contributed by atoms with Crippen LogP contribution < -0.4 is 10.1 Å². The third-order valence-electron chi connectivity index (χ3n) is 3.81. The van der Waals surface area contributed by atoms with E-state index in [9.17, 15) is 9.90 Å². The van der Waals surface area contributed by atoms with E-state index in [2.05, 4.69) is 31.0 Å². The summed E-state index contributed by atoms with van der Waals surface area (Å²) in [7, 11) is 0. The molecular weight excluding hydrogens is 292 g/mol. The van der Waals surface area contributed by atoms with Crippen LogP contribution in [-0.2, 0) is 0 Å². The second-order valence-electron chi connectivity index (χ2n) is 5.52. The number of amides is 1. The van der Waals surface area contributed by atoms with Gasteiger partial charge in [-0.15, -0.1) is 0 Å². The first-order valence-electron chi connectivity index (χ1n) is 8.58. The minimum absolute atomic E-state index is 0.0414. The Bertz CT molecular complexity index is 473. The number of ether oxygens (including phenoxy) is 1. The Labute approximate surface area is 139 Å². The van der Waals surface area contributed by atoms with Gasteiger partial charge >= 0.3 is 0 Å². The Morgan fingerprint density at radius 3 is 2.57 bits per heavy atom. The standard InChI is InChI=1S/C18H30N2O3/c1-4-7-13-23-15-9-10-16(17(21)14-15)18(22)19-11-8-12-20(5-2)6-3/h9-10,14,21H,4-8,11-13H2,1-3H3,(H,19,22). The summed E-state index contributed by atoms with van der Waals surface area (Å²) >= 11 is 0. The van der Waals surface area contributed by atoms with Crippen LogP contribution in [0.3, 0.4) is 0 Å². The molecule has 0 bridgehead atoms. The Hall–Kier alpha value is -1.75. The minimum Gasteiger partial charge on any atom is -0.507 e. The number of nitrogens with zero attached hydrogens (tertiary/aromatic N) is 1. The van der Waals surface area contributed by atoms with E-state index in [1.165, 1.54) is 6.07 Å². The van der Waals surface area contributed by atoms with Crippen molar-refractivity contribution in [3.63, 3.8) is 0 Å². The summed E-state index contributed by atoms with van der Waals surface area (Å²) in [6, 6.07) is 4.83. The highest BCUT2D eigenvalue weighted by molar-refractivity contribution is 5.96. The Morgan fingerprint density at radius 1 is 1.22 bits per heavy atom. The summed E-state index contributed by atoms with van der Waals surface area (Å²) < 4.78 is 5.51. The second kappa shape index (κ2) is 10.9. The van der Waals surface area contributed by atoms with Crippen molar-refractivity contribution in [3.05, 3.63) is 23.8 Å². The van der Waals surface area contributed by atoms with Gasteiger partial charge in [-0.25, -0.2) is 0 Å². The quantitative estimate of drug-likeness (QED) is 0.615. The second-order valence-corrected chi connectivity index (χ2v) is 5.52. The summed E-state index contributed by atoms with van der Waals surface area (Å²) in [4.78, 5) is 14.4. The van der Waals surface area contributed by atoms with Crippen LogP contribution in [-0.4, -0.2) is 48.7 Å². The van der Waals surface area contributed by atoms with E-state index < -0.39 is 0 Å². The van der Waals surface area contributed by atoms with Gasteiger partial charge in [-0.2, -0.15) is 0 Å². The summed E-state index contributed by atoms with van der Waals surface area (Å²) in [5.74, 6) is 0.302. The highest BCUT2D eigenvalue weighted by Gasteiger charge is 2.11. The van der Waals surface area contributed by atoms with E-state index in [0.717, 1.165) is 38.9 Å². The molecule has 2 N–H and O–H groups in total. The fraction of sp³-hybridized carbons (Fsp3) is 0.611. The predicted octanol–water partition coefficient (Wildman–Crippen LogP) is 3.03. The number of phenolic OH excluding ortho intramolecular Hbond substituents is 1. The van der Waals surface area contributed by atoms with Gasteiger partial charge in [-0.05, 0) is 44.6 Å². The van der Waals surface area contributed by atoms with Gasteiger partial charge in [-0.3, -0.25) is 4.79 Å². The summed E-state index contributed by atoms with van der Waals surface area (Å²) in [6.07, 6.45) is 2.92. The van der Waals surface area contributed by atoms with Gasteiger partial charge in [0.15, 0.2) is 0 Å². The molecule has 0 aliphatic heterocycles. The molecule has 0 aliphatic rings. The normalized spacial score (nSPS) is 10.8. The molecule has 0 saturated carbocycles. The molecule has 5 nitrogen and oxygen atoms in total. The molecule has 0 spiro atoms. The molecule has 0 heterocycles. The van der Waals surface area contributed by atoms with Crippen molar-refractivity contribution in [2.45, 2.75) is 40.0 Å². The van der Waals surface area contributed by atoms with Crippen LogP contribution in [0.1, 0.15) is 50.4 Å². The van der Waals surface area contributed by atoms with Gasteiger partial charge in [-0.1, -0.05) is 27.2 Å². The molecular formula is C18H30N2O3. The molecule has 0 radical (unpaired) electrons. The number of phenols is 1. The van der Waals surface area contributed by atoms with Gasteiger partial charge in [0.05, 0.1) is 12.2 Å². The van der Waals surface area contributed by atoms with Gasteiger partial charge < -0.3 is 20.1 Å². The molecule has 0 fully saturated rings. The van der Waals surface area contributed by atoms with E-state index in [-0.39, 0.29) is 17.2 Å². The molecule has 1 rings (SSSR count). The maximum absolute atomic E-state index is 12.1. The molecule has 1 aromatic carbocycles. The summed E-state index contributed by atoms with van der Waals surface area (Å²) in [6.45, 7) is 10.6. The number of unbranched alkanes of at least 4 members (excludes halogenated alkanes) is 1. The third-order valence-corrected chi connectivity index (χ3v) is 3.81. The number of carbonyl (C=O) groups excluding carboxylic acids is 1. The first-order valence-corrected chi connectivity index (χ1v) is 8.58. The van der Waals surface area contributed by atoms with Crippen LogP contribution in [0.2, 0.25) is 0 Å². The monoisotopic (exact) mass is 322 g/mol. The van der Waals surface area contributed by atoms with E-state index in [0.29, 0.717) is 18.9 Å². The zero-order valence-electron chi connectivity index (χ0n) is 14.6. The molecule has 23 heavy (non-hydrogen) atoms. The van der Waals surface area contributed by atoms with Crippen molar-refractivity contribution < 1.29 is 14.6 Å². The average Bonchev–Trinajstić information content (AvgIpc) is 2.55. The van der Waals surface area contributed by atoms with Crippen LogP contribution in [0.15, 0.2) is 18.2 Å². The topological polar surface area (TPSA) is 61.8 Å². The summed E-state index contributed by atoms with van der Waals surface area (Å²) in [5, 5.41) is 12.8. The van der Waals surface area contributed by atoms with Crippen LogP contribution in [0.4, 0.5) is 0 Å². The number of hydrogen-bond acceptors (Lipinski definition) is 4. The molecule has 0 unspecified atom stereocenters. The van der Waals surface area contributed by atoms with Crippen molar-refractivity contribution in [1.29, 1.82) is 0 Å².